The van der Waals surface area contributed by atoms with Crippen molar-refractivity contribution in [3.8, 4) is 0 Å². The lowest BCUT2D eigenvalue weighted by molar-refractivity contribution is 0.0481. The maximum atomic E-state index is 13.0. The highest BCUT2D eigenvalue weighted by molar-refractivity contribution is 7.15. The third kappa shape index (κ3) is 4.10. The normalized spacial score (nSPS) is 10.8. The van der Waals surface area contributed by atoms with Gasteiger partial charge in [0.05, 0.1) is 24.5 Å². The van der Waals surface area contributed by atoms with E-state index in [4.69, 9.17) is 21.1 Å². The number of imidazole rings is 1. The topological polar surface area (TPSA) is 99.0 Å². The number of nitrogens with one attached hydrogen (secondary N) is 1. The van der Waals surface area contributed by atoms with Crippen LogP contribution >= 0.6 is 22.9 Å². The molecule has 0 aliphatic carbocycles. The minimum absolute atomic E-state index is 0.0295. The van der Waals surface area contributed by atoms with E-state index in [9.17, 15) is 14.4 Å². The smallest absolute Gasteiger partial charge is 0.342 e. The first-order valence-corrected chi connectivity index (χ1v) is 10.0. The molecule has 0 unspecified atom stereocenters. The Morgan fingerprint density at radius 2 is 1.90 bits per heavy atom. The summed E-state index contributed by atoms with van der Waals surface area (Å²) in [6.07, 6.45) is 1.64. The van der Waals surface area contributed by atoms with Crippen molar-refractivity contribution in [2.45, 2.75) is 20.8 Å². The fourth-order valence-electron chi connectivity index (χ4n) is 2.79. The van der Waals surface area contributed by atoms with Crippen LogP contribution in [0.1, 0.15) is 50.7 Å². The molecule has 0 bridgehead atoms. The van der Waals surface area contributed by atoms with Crippen LogP contribution in [0.4, 0.5) is 5.00 Å². The Morgan fingerprint density at radius 3 is 2.59 bits per heavy atom. The monoisotopic (exact) mass is 435 g/mol. The van der Waals surface area contributed by atoms with E-state index in [1.165, 1.54) is 5.38 Å². The van der Waals surface area contributed by atoms with E-state index < -0.39 is 17.8 Å². The van der Waals surface area contributed by atoms with Crippen LogP contribution < -0.4 is 5.32 Å². The van der Waals surface area contributed by atoms with E-state index in [0.29, 0.717) is 16.4 Å². The highest BCUT2D eigenvalue weighted by atomic mass is 35.5. The predicted molar refractivity (Wildman–Crippen MR) is 109 cm³/mol. The fourth-order valence-corrected chi connectivity index (χ4v) is 3.85. The summed E-state index contributed by atoms with van der Waals surface area (Å²) in [5.74, 6) is -1.86. The molecule has 3 rings (SSSR count). The number of hydrogen-bond donors (Lipinski definition) is 1. The van der Waals surface area contributed by atoms with Crippen molar-refractivity contribution in [2.75, 3.05) is 18.5 Å². The van der Waals surface area contributed by atoms with Crippen molar-refractivity contribution >= 4 is 51.4 Å². The van der Waals surface area contributed by atoms with Gasteiger partial charge in [-0.25, -0.2) is 14.6 Å². The highest BCUT2D eigenvalue weighted by Crippen LogP contribution is 2.31. The molecule has 0 aliphatic rings. The van der Waals surface area contributed by atoms with Crippen LogP contribution in [-0.4, -0.2) is 40.4 Å². The van der Waals surface area contributed by atoms with Gasteiger partial charge in [0.15, 0.2) is 0 Å². The number of thiophene rings is 1. The van der Waals surface area contributed by atoms with Crippen LogP contribution in [0.15, 0.2) is 23.7 Å². The molecule has 8 nitrogen and oxygen atoms in total. The lowest BCUT2D eigenvalue weighted by atomic mass is 10.2. The van der Waals surface area contributed by atoms with Crippen LogP contribution in [0.25, 0.3) is 5.65 Å². The van der Waals surface area contributed by atoms with E-state index in [1.807, 2.05) is 0 Å². The van der Waals surface area contributed by atoms with Gasteiger partial charge >= 0.3 is 11.9 Å². The van der Waals surface area contributed by atoms with E-state index >= 15 is 0 Å². The summed E-state index contributed by atoms with van der Waals surface area (Å²) < 4.78 is 11.6. The van der Waals surface area contributed by atoms with Crippen LogP contribution in [0.2, 0.25) is 5.02 Å². The van der Waals surface area contributed by atoms with Crippen molar-refractivity contribution in [3.05, 3.63) is 51.2 Å². The van der Waals surface area contributed by atoms with E-state index in [-0.39, 0.29) is 35.0 Å². The number of amides is 1. The zero-order valence-electron chi connectivity index (χ0n) is 15.9. The van der Waals surface area contributed by atoms with Gasteiger partial charge in [-0.1, -0.05) is 11.6 Å². The number of esters is 2. The maximum absolute atomic E-state index is 13.0. The van der Waals surface area contributed by atoms with Crippen LogP contribution in [0.5, 0.6) is 0 Å². The number of rotatable bonds is 6. The molecule has 1 N–H and O–H groups in total. The number of anilines is 1. The fraction of sp³-hybridized carbons (Fsp3) is 0.263. The summed E-state index contributed by atoms with van der Waals surface area (Å²) in [7, 11) is 0. The summed E-state index contributed by atoms with van der Waals surface area (Å²) in [6, 6.07) is 3.28. The molecule has 0 aliphatic heterocycles. The zero-order chi connectivity index (χ0) is 21.1. The molecule has 1 amide bonds. The van der Waals surface area contributed by atoms with Crippen molar-refractivity contribution in [1.82, 2.24) is 9.38 Å². The minimum Gasteiger partial charge on any atom is -0.462 e. The summed E-state index contributed by atoms with van der Waals surface area (Å²) in [4.78, 5) is 41.9. The van der Waals surface area contributed by atoms with Crippen molar-refractivity contribution < 1.29 is 23.9 Å². The Labute approximate surface area is 175 Å². The molecule has 29 heavy (non-hydrogen) atoms. The lowest BCUT2D eigenvalue weighted by Gasteiger charge is -2.09. The van der Waals surface area contributed by atoms with Crippen molar-refractivity contribution in [2.24, 2.45) is 0 Å². The Balaban J connectivity index is 2.00. The average Bonchev–Trinajstić information content (AvgIpc) is 3.21. The number of carbonyl (C=O) groups is 3. The van der Waals surface area contributed by atoms with E-state index in [1.54, 1.807) is 43.5 Å². The average molecular weight is 436 g/mol. The predicted octanol–water partition coefficient (Wildman–Crippen LogP) is 3.96. The van der Waals surface area contributed by atoms with Gasteiger partial charge in [0.1, 0.15) is 21.9 Å². The van der Waals surface area contributed by atoms with Gasteiger partial charge in [-0.15, -0.1) is 11.3 Å². The molecule has 0 saturated heterocycles. The maximum Gasteiger partial charge on any atom is 0.342 e. The second-order valence-corrected chi connectivity index (χ2v) is 7.18. The first kappa shape index (κ1) is 20.8. The zero-order valence-corrected chi connectivity index (χ0v) is 17.5. The van der Waals surface area contributed by atoms with Gasteiger partial charge in [0.2, 0.25) is 0 Å². The number of hydrogen-bond acceptors (Lipinski definition) is 7. The molecule has 0 radical (unpaired) electrons. The lowest BCUT2D eigenvalue weighted by Crippen LogP contribution is -2.18. The molecule has 3 heterocycles. The molecule has 3 aromatic heterocycles. The van der Waals surface area contributed by atoms with Crippen molar-refractivity contribution in [3.63, 3.8) is 0 Å². The summed E-state index contributed by atoms with van der Waals surface area (Å²) >= 11 is 7.03. The standard InChI is InChI=1S/C19H18ClN3O5S/c1-4-27-18(25)12-9-29-17(14(12)19(26)28-5-2)22-16(24)15-10(3)21-13-8-11(20)6-7-23(13)15/h6-9H,4-5H2,1-3H3,(H,22,24). The van der Waals surface area contributed by atoms with Crippen LogP contribution in [0.3, 0.4) is 0 Å². The van der Waals surface area contributed by atoms with Crippen LogP contribution in [0, 0.1) is 6.92 Å². The number of halogens is 1. The SMILES string of the molecule is CCOC(=O)c1csc(NC(=O)c2c(C)nc3cc(Cl)ccn23)c1C(=O)OCC. The second kappa shape index (κ2) is 8.62. The van der Waals surface area contributed by atoms with Gasteiger partial charge in [0.25, 0.3) is 5.91 Å². The van der Waals surface area contributed by atoms with Crippen molar-refractivity contribution in [1.29, 1.82) is 0 Å². The summed E-state index contributed by atoms with van der Waals surface area (Å²) in [6.45, 7) is 5.29. The van der Waals surface area contributed by atoms with Gasteiger partial charge in [0, 0.05) is 22.7 Å². The summed E-state index contributed by atoms with van der Waals surface area (Å²) in [5.41, 5.74) is 1.32. The number of carbonyl (C=O) groups excluding carboxylic acids is 3. The molecule has 0 spiro atoms. The Bertz CT molecular complexity index is 1100. The quantitative estimate of drug-likeness (QED) is 0.588. The Hall–Kier alpha value is -2.91. The number of aryl methyl sites for hydroxylation is 1. The highest BCUT2D eigenvalue weighted by Gasteiger charge is 2.28. The van der Waals surface area contributed by atoms with E-state index in [2.05, 4.69) is 10.3 Å². The minimum atomic E-state index is -0.714. The molecule has 0 aromatic carbocycles. The van der Waals surface area contributed by atoms with Gasteiger partial charge < -0.3 is 14.8 Å². The third-order valence-electron chi connectivity index (χ3n) is 3.97. The Morgan fingerprint density at radius 1 is 1.21 bits per heavy atom. The molecular weight excluding hydrogens is 418 g/mol. The number of fused-ring (bicyclic) bond motifs is 1. The molecule has 10 heteroatoms. The van der Waals surface area contributed by atoms with Gasteiger partial charge in [-0.2, -0.15) is 0 Å². The molecule has 0 saturated carbocycles. The second-order valence-electron chi connectivity index (χ2n) is 5.87. The van der Waals surface area contributed by atoms with Gasteiger partial charge in [-0.05, 0) is 26.8 Å². The van der Waals surface area contributed by atoms with E-state index in [0.717, 1.165) is 11.3 Å². The Kier molecular flexibility index (Phi) is 6.19. The molecule has 152 valence electrons. The molecule has 0 atom stereocenters. The number of aromatic nitrogens is 2. The molecular formula is C19H18ClN3O5S. The van der Waals surface area contributed by atoms with Crippen LogP contribution in [-0.2, 0) is 9.47 Å². The number of ether oxygens (including phenoxy) is 2. The molecule has 3 aromatic rings. The first-order chi connectivity index (χ1) is 13.9. The summed E-state index contributed by atoms with van der Waals surface area (Å²) in [5, 5.41) is 4.84. The third-order valence-corrected chi connectivity index (χ3v) is 5.10. The number of nitrogens with zero attached hydrogens (tertiary/aromatic N) is 2. The first-order valence-electron chi connectivity index (χ1n) is 8.78. The largest absolute Gasteiger partial charge is 0.462 e. The molecule has 0 fully saturated rings. The van der Waals surface area contributed by atoms with Gasteiger partial charge in [-0.3, -0.25) is 9.20 Å². The number of pyridine rings is 1.